The zero-order valence-corrected chi connectivity index (χ0v) is 12.8. The average molecular weight is 361 g/mol. The minimum Gasteiger partial charge on any atom is -0.478 e. The zero-order valence-electron chi connectivity index (χ0n) is 12.0. The van der Waals surface area contributed by atoms with Crippen molar-refractivity contribution in [3.63, 3.8) is 0 Å². The Bertz CT molecular complexity index is 917. The standard InChI is InChI=1S/C13H10F3N3O4S/c1-24(22,23)10-5-8(4-9(6-10)13(14,15)16)12-17-7-19(18-12)3-2-11(20)21/h2-7H,1H3,(H,20,21)/b3-2+. The highest BCUT2D eigenvalue weighted by Gasteiger charge is 2.32. The van der Waals surface area contributed by atoms with Crippen molar-refractivity contribution >= 4 is 22.0 Å². The lowest BCUT2D eigenvalue weighted by Gasteiger charge is -2.10. The lowest BCUT2D eigenvalue weighted by Crippen LogP contribution is -2.08. The van der Waals surface area contributed by atoms with Gasteiger partial charge in [-0.15, -0.1) is 5.10 Å². The minimum absolute atomic E-state index is 0.160. The fourth-order valence-corrected chi connectivity index (χ4v) is 2.41. The summed E-state index contributed by atoms with van der Waals surface area (Å²) in [6, 6.07) is 2.26. The summed E-state index contributed by atoms with van der Waals surface area (Å²) in [7, 11) is -3.88. The Labute approximate surface area is 134 Å². The Morgan fingerprint density at radius 1 is 1.29 bits per heavy atom. The molecule has 0 spiro atoms. The predicted octanol–water partition coefficient (Wildman–Crippen LogP) is 1.92. The summed E-state index contributed by atoms with van der Waals surface area (Å²) in [5, 5.41) is 12.3. The molecule has 24 heavy (non-hydrogen) atoms. The van der Waals surface area contributed by atoms with Crippen LogP contribution in [0.5, 0.6) is 0 Å². The molecule has 0 aliphatic heterocycles. The van der Waals surface area contributed by atoms with E-state index in [9.17, 15) is 26.4 Å². The summed E-state index contributed by atoms with van der Waals surface area (Å²) in [4.78, 5) is 13.7. The first-order chi connectivity index (χ1) is 11.0. The molecule has 2 rings (SSSR count). The molecule has 1 aromatic carbocycles. The van der Waals surface area contributed by atoms with Gasteiger partial charge in [-0.1, -0.05) is 0 Å². The molecule has 0 fully saturated rings. The molecule has 0 aliphatic carbocycles. The highest BCUT2D eigenvalue weighted by Crippen LogP contribution is 2.33. The van der Waals surface area contributed by atoms with Crippen molar-refractivity contribution in [2.45, 2.75) is 11.1 Å². The van der Waals surface area contributed by atoms with E-state index >= 15 is 0 Å². The molecule has 1 aromatic heterocycles. The number of aromatic nitrogens is 3. The molecule has 1 heterocycles. The maximum absolute atomic E-state index is 12.9. The van der Waals surface area contributed by atoms with Crippen LogP contribution in [0.15, 0.2) is 35.5 Å². The van der Waals surface area contributed by atoms with Gasteiger partial charge in [0.15, 0.2) is 15.7 Å². The number of hydrogen-bond acceptors (Lipinski definition) is 5. The van der Waals surface area contributed by atoms with E-state index in [1.807, 2.05) is 0 Å². The maximum atomic E-state index is 12.9. The second-order valence-corrected chi connectivity index (χ2v) is 6.73. The van der Waals surface area contributed by atoms with E-state index in [4.69, 9.17) is 5.11 Å². The number of carboxylic acids is 1. The van der Waals surface area contributed by atoms with E-state index in [2.05, 4.69) is 10.1 Å². The Balaban J connectivity index is 2.56. The van der Waals surface area contributed by atoms with Crippen LogP contribution >= 0.6 is 0 Å². The van der Waals surface area contributed by atoms with Gasteiger partial charge in [-0.05, 0) is 18.2 Å². The number of nitrogens with zero attached hydrogens (tertiary/aromatic N) is 3. The number of benzene rings is 1. The minimum atomic E-state index is -4.75. The molecule has 0 atom stereocenters. The third kappa shape index (κ3) is 4.19. The van der Waals surface area contributed by atoms with Crippen molar-refractivity contribution < 1.29 is 31.5 Å². The summed E-state index contributed by atoms with van der Waals surface area (Å²) in [5.74, 6) is -1.42. The molecule has 0 amide bonds. The van der Waals surface area contributed by atoms with Crippen LogP contribution in [0.4, 0.5) is 13.2 Å². The maximum Gasteiger partial charge on any atom is 0.416 e. The quantitative estimate of drug-likeness (QED) is 0.835. The topological polar surface area (TPSA) is 102 Å². The third-order valence-electron chi connectivity index (χ3n) is 2.80. The Morgan fingerprint density at radius 2 is 1.96 bits per heavy atom. The van der Waals surface area contributed by atoms with Gasteiger partial charge in [0, 0.05) is 24.1 Å². The number of sulfone groups is 1. The number of hydrogen-bond donors (Lipinski definition) is 1. The number of carboxylic acid groups (broad SMARTS) is 1. The number of rotatable bonds is 4. The first kappa shape index (κ1) is 17.7. The average Bonchev–Trinajstić information content (AvgIpc) is 2.91. The highest BCUT2D eigenvalue weighted by atomic mass is 32.2. The van der Waals surface area contributed by atoms with E-state index in [1.54, 1.807) is 0 Å². The van der Waals surface area contributed by atoms with Crippen LogP contribution in [0.1, 0.15) is 5.56 Å². The molecule has 0 radical (unpaired) electrons. The van der Waals surface area contributed by atoms with Crippen LogP contribution < -0.4 is 0 Å². The van der Waals surface area contributed by atoms with E-state index < -0.39 is 32.4 Å². The molecular weight excluding hydrogens is 351 g/mol. The molecule has 0 unspecified atom stereocenters. The summed E-state index contributed by atoms with van der Waals surface area (Å²) < 4.78 is 63.0. The van der Waals surface area contributed by atoms with Gasteiger partial charge in [-0.2, -0.15) is 13.2 Å². The van der Waals surface area contributed by atoms with Crippen molar-refractivity contribution in [2.24, 2.45) is 0 Å². The molecule has 1 N–H and O–H groups in total. The number of halogens is 3. The Hall–Kier alpha value is -2.69. The summed E-state index contributed by atoms with van der Waals surface area (Å²) in [6.07, 6.45) is -1.10. The highest BCUT2D eigenvalue weighted by molar-refractivity contribution is 7.90. The second kappa shape index (κ2) is 6.07. The predicted molar refractivity (Wildman–Crippen MR) is 76.5 cm³/mol. The fourth-order valence-electron chi connectivity index (χ4n) is 1.72. The van der Waals surface area contributed by atoms with Crippen molar-refractivity contribution in [3.05, 3.63) is 36.2 Å². The third-order valence-corrected chi connectivity index (χ3v) is 3.89. The van der Waals surface area contributed by atoms with Crippen molar-refractivity contribution in [1.29, 1.82) is 0 Å². The van der Waals surface area contributed by atoms with Crippen molar-refractivity contribution in [3.8, 4) is 11.4 Å². The van der Waals surface area contributed by atoms with E-state index in [1.165, 1.54) is 0 Å². The molecule has 0 saturated carbocycles. The number of aliphatic carboxylic acids is 1. The lowest BCUT2D eigenvalue weighted by atomic mass is 10.1. The molecule has 11 heteroatoms. The van der Waals surface area contributed by atoms with Gasteiger partial charge >= 0.3 is 12.1 Å². The van der Waals surface area contributed by atoms with Crippen LogP contribution in [0.3, 0.4) is 0 Å². The van der Waals surface area contributed by atoms with Crippen LogP contribution in [-0.4, -0.2) is 40.5 Å². The monoisotopic (exact) mass is 361 g/mol. The van der Waals surface area contributed by atoms with Gasteiger partial charge in [0.1, 0.15) is 6.33 Å². The Kier molecular flexibility index (Phi) is 4.47. The molecule has 128 valence electrons. The summed E-state index contributed by atoms with van der Waals surface area (Å²) >= 11 is 0. The van der Waals surface area contributed by atoms with Gasteiger partial charge < -0.3 is 5.11 Å². The van der Waals surface area contributed by atoms with Crippen molar-refractivity contribution in [2.75, 3.05) is 6.26 Å². The van der Waals surface area contributed by atoms with E-state index in [-0.39, 0.29) is 11.4 Å². The molecular formula is C13H10F3N3O4S. The first-order valence-electron chi connectivity index (χ1n) is 6.22. The van der Waals surface area contributed by atoms with Crippen LogP contribution in [0.25, 0.3) is 17.6 Å². The van der Waals surface area contributed by atoms with Gasteiger partial charge in [0.05, 0.1) is 10.5 Å². The molecule has 0 aliphatic rings. The SMILES string of the molecule is CS(=O)(=O)c1cc(-c2ncn(/C=C/C(=O)O)n2)cc(C(F)(F)F)c1. The number of alkyl halides is 3. The fraction of sp³-hybridized carbons (Fsp3) is 0.154. The smallest absolute Gasteiger partial charge is 0.416 e. The largest absolute Gasteiger partial charge is 0.478 e. The zero-order chi connectivity index (χ0) is 18.1. The lowest BCUT2D eigenvalue weighted by molar-refractivity contribution is -0.137. The second-order valence-electron chi connectivity index (χ2n) is 4.72. The number of carbonyl (C=O) groups is 1. The van der Waals surface area contributed by atoms with E-state index in [0.717, 1.165) is 41.7 Å². The van der Waals surface area contributed by atoms with E-state index in [0.29, 0.717) is 6.07 Å². The first-order valence-corrected chi connectivity index (χ1v) is 8.11. The van der Waals surface area contributed by atoms with Gasteiger partial charge in [-0.3, -0.25) is 0 Å². The van der Waals surface area contributed by atoms with Gasteiger partial charge in [-0.25, -0.2) is 22.9 Å². The van der Waals surface area contributed by atoms with Crippen LogP contribution in [0, 0.1) is 0 Å². The van der Waals surface area contributed by atoms with Crippen LogP contribution in [-0.2, 0) is 20.8 Å². The Morgan fingerprint density at radius 3 is 2.50 bits per heavy atom. The summed E-state index contributed by atoms with van der Waals surface area (Å²) in [5.41, 5.74) is -1.31. The molecule has 0 saturated heterocycles. The summed E-state index contributed by atoms with van der Waals surface area (Å²) in [6.45, 7) is 0. The molecule has 2 aromatic rings. The van der Waals surface area contributed by atoms with Crippen LogP contribution in [0.2, 0.25) is 0 Å². The molecule has 7 nitrogen and oxygen atoms in total. The normalized spacial score (nSPS) is 12.7. The molecule has 0 bridgehead atoms. The van der Waals surface area contributed by atoms with Gasteiger partial charge in [0.25, 0.3) is 0 Å². The van der Waals surface area contributed by atoms with Crippen molar-refractivity contribution in [1.82, 2.24) is 14.8 Å². The van der Waals surface area contributed by atoms with Gasteiger partial charge in [0.2, 0.25) is 0 Å².